The van der Waals surface area contributed by atoms with Gasteiger partial charge in [0.15, 0.2) is 0 Å². The normalized spacial score (nSPS) is 25.3. The fourth-order valence-electron chi connectivity index (χ4n) is 1.58. The number of ether oxygens (including phenoxy) is 2. The van der Waals surface area contributed by atoms with Gasteiger partial charge in [-0.2, -0.15) is 0 Å². The fraction of sp³-hybridized carbons (Fsp3) is 0.917. The van der Waals surface area contributed by atoms with Crippen LogP contribution in [0.2, 0.25) is 0 Å². The van der Waals surface area contributed by atoms with E-state index in [4.69, 9.17) is 15.2 Å². The van der Waals surface area contributed by atoms with Crippen molar-refractivity contribution in [2.24, 2.45) is 11.7 Å². The molecule has 4 unspecified atom stereocenters. The zero-order chi connectivity index (χ0) is 12.8. The molecule has 1 aliphatic heterocycles. The molecule has 0 saturated carbocycles. The van der Waals surface area contributed by atoms with E-state index in [1.165, 1.54) is 0 Å². The number of hydrogen-bond donors (Lipinski definition) is 2. The second kappa shape index (κ2) is 6.93. The van der Waals surface area contributed by atoms with Crippen LogP contribution in [0.5, 0.6) is 0 Å². The fourth-order valence-corrected chi connectivity index (χ4v) is 1.58. The Balaban J connectivity index is 2.19. The van der Waals surface area contributed by atoms with Gasteiger partial charge in [-0.3, -0.25) is 4.79 Å². The second-order valence-corrected chi connectivity index (χ2v) is 4.88. The average Bonchev–Trinajstić information content (AvgIpc) is 2.77. The summed E-state index contributed by atoms with van der Waals surface area (Å²) in [5.41, 5.74) is 5.68. The molecule has 100 valence electrons. The number of nitrogens with one attached hydrogen (secondary N) is 1. The first kappa shape index (κ1) is 14.4. The summed E-state index contributed by atoms with van der Waals surface area (Å²) >= 11 is 0. The van der Waals surface area contributed by atoms with E-state index in [1.54, 1.807) is 0 Å². The molecule has 1 aliphatic rings. The molecule has 0 aromatic rings. The largest absolute Gasteiger partial charge is 0.379 e. The molecule has 0 bridgehead atoms. The predicted octanol–water partition coefficient (Wildman–Crippen LogP) is 0.280. The number of nitrogens with two attached hydrogens (primary N) is 1. The predicted molar refractivity (Wildman–Crippen MR) is 65.6 cm³/mol. The van der Waals surface area contributed by atoms with Crippen molar-refractivity contribution in [1.29, 1.82) is 0 Å². The molecule has 0 aromatic heterocycles. The first-order chi connectivity index (χ1) is 8.00. The minimum absolute atomic E-state index is 0.00398. The van der Waals surface area contributed by atoms with Crippen molar-refractivity contribution in [1.82, 2.24) is 5.32 Å². The van der Waals surface area contributed by atoms with Crippen molar-refractivity contribution >= 4 is 5.91 Å². The van der Waals surface area contributed by atoms with Crippen LogP contribution >= 0.6 is 0 Å². The van der Waals surface area contributed by atoms with Gasteiger partial charge in [0, 0.05) is 24.6 Å². The third kappa shape index (κ3) is 5.02. The molecule has 5 heteroatoms. The van der Waals surface area contributed by atoms with Crippen molar-refractivity contribution in [3.8, 4) is 0 Å². The minimum atomic E-state index is -0.174. The van der Waals surface area contributed by atoms with Gasteiger partial charge in [0.05, 0.1) is 19.3 Å². The Kier molecular flexibility index (Phi) is 5.88. The first-order valence-corrected chi connectivity index (χ1v) is 6.26. The van der Waals surface area contributed by atoms with Crippen LogP contribution in [0, 0.1) is 5.92 Å². The molecule has 1 fully saturated rings. The molecule has 0 radical (unpaired) electrons. The standard InChI is InChI=1S/C12H24N2O3/c1-8(6-17-11-4-5-16-7-11)14-12(15)9(2)10(3)13/h8-11H,4-7,13H2,1-3H3,(H,14,15). The highest BCUT2D eigenvalue weighted by atomic mass is 16.5. The quantitative estimate of drug-likeness (QED) is 0.704. The molecule has 4 atom stereocenters. The van der Waals surface area contributed by atoms with E-state index in [0.717, 1.165) is 13.0 Å². The lowest BCUT2D eigenvalue weighted by molar-refractivity contribution is -0.126. The molecule has 3 N–H and O–H groups in total. The molecule has 1 amide bonds. The summed E-state index contributed by atoms with van der Waals surface area (Å²) in [6.07, 6.45) is 1.12. The first-order valence-electron chi connectivity index (χ1n) is 6.26. The molecule has 1 heterocycles. The maximum atomic E-state index is 11.7. The smallest absolute Gasteiger partial charge is 0.224 e. The van der Waals surface area contributed by atoms with Gasteiger partial charge in [0.1, 0.15) is 0 Å². The van der Waals surface area contributed by atoms with Gasteiger partial charge in [-0.05, 0) is 20.3 Å². The highest BCUT2D eigenvalue weighted by Crippen LogP contribution is 2.08. The lowest BCUT2D eigenvalue weighted by Crippen LogP contribution is -2.44. The SMILES string of the molecule is CC(COC1CCOC1)NC(=O)C(C)C(C)N. The Morgan fingerprint density at radius 3 is 2.76 bits per heavy atom. The second-order valence-electron chi connectivity index (χ2n) is 4.88. The van der Waals surface area contributed by atoms with Crippen molar-refractivity contribution < 1.29 is 14.3 Å². The molecule has 17 heavy (non-hydrogen) atoms. The van der Waals surface area contributed by atoms with Crippen molar-refractivity contribution in [3.63, 3.8) is 0 Å². The highest BCUT2D eigenvalue weighted by molar-refractivity contribution is 5.79. The van der Waals surface area contributed by atoms with Gasteiger partial charge in [-0.15, -0.1) is 0 Å². The van der Waals surface area contributed by atoms with E-state index in [1.807, 2.05) is 20.8 Å². The molecule has 1 saturated heterocycles. The number of carbonyl (C=O) groups excluding carboxylic acids is 1. The van der Waals surface area contributed by atoms with E-state index in [0.29, 0.717) is 13.2 Å². The summed E-state index contributed by atoms with van der Waals surface area (Å²) < 4.78 is 10.8. The van der Waals surface area contributed by atoms with E-state index in [2.05, 4.69) is 5.32 Å². The number of amides is 1. The van der Waals surface area contributed by atoms with Gasteiger partial charge in [-0.1, -0.05) is 6.92 Å². The zero-order valence-electron chi connectivity index (χ0n) is 10.9. The van der Waals surface area contributed by atoms with Gasteiger partial charge >= 0.3 is 0 Å². The van der Waals surface area contributed by atoms with E-state index >= 15 is 0 Å². The van der Waals surface area contributed by atoms with Crippen LogP contribution in [0.1, 0.15) is 27.2 Å². The van der Waals surface area contributed by atoms with E-state index in [9.17, 15) is 4.79 Å². The van der Waals surface area contributed by atoms with Gasteiger partial charge in [0.2, 0.25) is 5.91 Å². The average molecular weight is 244 g/mol. The van der Waals surface area contributed by atoms with Crippen LogP contribution in [-0.2, 0) is 14.3 Å². The summed E-state index contributed by atoms with van der Waals surface area (Å²) in [5.74, 6) is -0.189. The van der Waals surface area contributed by atoms with Gasteiger partial charge in [-0.25, -0.2) is 0 Å². The summed E-state index contributed by atoms with van der Waals surface area (Å²) in [7, 11) is 0. The van der Waals surface area contributed by atoms with Crippen molar-refractivity contribution in [2.45, 2.75) is 45.4 Å². The Hall–Kier alpha value is -0.650. The van der Waals surface area contributed by atoms with Crippen LogP contribution < -0.4 is 11.1 Å². The minimum Gasteiger partial charge on any atom is -0.379 e. The van der Waals surface area contributed by atoms with Gasteiger partial charge in [0.25, 0.3) is 0 Å². The Bertz CT molecular complexity index is 240. The zero-order valence-corrected chi connectivity index (χ0v) is 10.9. The maximum absolute atomic E-state index is 11.7. The maximum Gasteiger partial charge on any atom is 0.224 e. The molecular formula is C12H24N2O3. The topological polar surface area (TPSA) is 73.6 Å². The Labute approximate surface area is 103 Å². The molecular weight excluding hydrogens is 220 g/mol. The van der Waals surface area contributed by atoms with E-state index in [-0.39, 0.29) is 30.0 Å². The number of hydrogen-bond acceptors (Lipinski definition) is 4. The summed E-state index contributed by atoms with van der Waals surface area (Å²) in [5, 5.41) is 2.90. The van der Waals surface area contributed by atoms with Crippen LogP contribution in [0.25, 0.3) is 0 Å². The van der Waals surface area contributed by atoms with Crippen molar-refractivity contribution in [3.05, 3.63) is 0 Å². The van der Waals surface area contributed by atoms with Crippen molar-refractivity contribution in [2.75, 3.05) is 19.8 Å². The van der Waals surface area contributed by atoms with E-state index < -0.39 is 0 Å². The molecule has 0 spiro atoms. The van der Waals surface area contributed by atoms with Crippen LogP contribution in [-0.4, -0.2) is 43.9 Å². The number of carbonyl (C=O) groups is 1. The van der Waals surface area contributed by atoms with Crippen LogP contribution in [0.4, 0.5) is 0 Å². The number of rotatable bonds is 6. The summed E-state index contributed by atoms with van der Waals surface area (Å²) in [6.45, 7) is 7.55. The summed E-state index contributed by atoms with van der Waals surface area (Å²) in [4.78, 5) is 11.7. The Morgan fingerprint density at radius 1 is 1.53 bits per heavy atom. The Morgan fingerprint density at radius 2 is 2.24 bits per heavy atom. The molecule has 5 nitrogen and oxygen atoms in total. The third-order valence-electron chi connectivity index (χ3n) is 3.06. The highest BCUT2D eigenvalue weighted by Gasteiger charge is 2.20. The molecule has 0 aliphatic carbocycles. The lowest BCUT2D eigenvalue weighted by atomic mass is 10.0. The van der Waals surface area contributed by atoms with Gasteiger partial charge < -0.3 is 20.5 Å². The molecule has 1 rings (SSSR count). The van der Waals surface area contributed by atoms with Crippen LogP contribution in [0.3, 0.4) is 0 Å². The summed E-state index contributed by atoms with van der Waals surface area (Å²) in [6, 6.07) is -0.129. The van der Waals surface area contributed by atoms with Crippen LogP contribution in [0.15, 0.2) is 0 Å². The molecule has 0 aromatic carbocycles. The lowest BCUT2D eigenvalue weighted by Gasteiger charge is -2.20. The third-order valence-corrected chi connectivity index (χ3v) is 3.06. The monoisotopic (exact) mass is 244 g/mol.